The van der Waals surface area contributed by atoms with Gasteiger partial charge in [0.15, 0.2) is 5.13 Å². The Morgan fingerprint density at radius 1 is 1.00 bits per heavy atom. The van der Waals surface area contributed by atoms with Gasteiger partial charge in [-0.3, -0.25) is 9.69 Å². The van der Waals surface area contributed by atoms with Crippen LogP contribution in [0.25, 0.3) is 10.2 Å². The highest BCUT2D eigenvalue weighted by molar-refractivity contribution is 7.89. The smallest absolute Gasteiger partial charge is 0.260 e. The summed E-state index contributed by atoms with van der Waals surface area (Å²) in [6, 6.07) is 15.0. The lowest BCUT2D eigenvalue weighted by Crippen LogP contribution is -2.37. The quantitative estimate of drug-likeness (QED) is 0.329. The van der Waals surface area contributed by atoms with Gasteiger partial charge in [-0.1, -0.05) is 29.0 Å². The molecule has 0 unspecified atom stereocenters. The van der Waals surface area contributed by atoms with E-state index in [1.807, 2.05) is 43.3 Å². The molecule has 0 radical (unpaired) electrons. The SMILES string of the molecule is CN(C)CCN(C(=O)c1ccc(S(=O)(=O)N(CCC#N)CCC#N)cc1)c1nc2c(Cl)cccc2s1.Cl. The Labute approximate surface area is 231 Å². The lowest BCUT2D eigenvalue weighted by molar-refractivity contribution is 0.0985. The standard InChI is InChI=1S/C24H25ClN6O3S2.ClH/c1-29(2)16-17-31(24-28-22-20(25)6-3-7-21(22)35-24)23(32)18-8-10-19(11-9-18)36(33,34)30(14-4-12-26)15-5-13-27;/h3,6-11H,4-5,14-17H2,1-2H3;1H. The summed E-state index contributed by atoms with van der Waals surface area (Å²) >= 11 is 7.64. The molecule has 13 heteroatoms. The molecule has 0 bridgehead atoms. The third-order valence-corrected chi connectivity index (χ3v) is 8.55. The highest BCUT2D eigenvalue weighted by atomic mass is 35.5. The fourth-order valence-corrected chi connectivity index (χ4v) is 6.11. The summed E-state index contributed by atoms with van der Waals surface area (Å²) in [5.41, 5.74) is 0.928. The van der Waals surface area contributed by atoms with Gasteiger partial charge in [0.05, 0.1) is 26.8 Å². The van der Waals surface area contributed by atoms with Crippen LogP contribution in [-0.4, -0.2) is 68.8 Å². The minimum absolute atomic E-state index is 0. The van der Waals surface area contributed by atoms with Crippen LogP contribution < -0.4 is 4.90 Å². The number of hydrogen-bond acceptors (Lipinski definition) is 8. The van der Waals surface area contributed by atoms with Gasteiger partial charge in [0.1, 0.15) is 5.52 Å². The minimum Gasteiger partial charge on any atom is -0.308 e. The first kappa shape index (κ1) is 30.5. The van der Waals surface area contributed by atoms with Gasteiger partial charge in [0.25, 0.3) is 5.91 Å². The third kappa shape index (κ3) is 7.39. The molecule has 3 aromatic rings. The van der Waals surface area contributed by atoms with Crippen molar-refractivity contribution in [3.8, 4) is 12.1 Å². The number of likely N-dealkylation sites (N-methyl/N-ethyl adjacent to an activating group) is 1. The van der Waals surface area contributed by atoms with Crippen LogP contribution in [0.1, 0.15) is 23.2 Å². The monoisotopic (exact) mass is 580 g/mol. The normalized spacial score (nSPS) is 11.2. The van der Waals surface area contributed by atoms with E-state index in [1.54, 1.807) is 11.0 Å². The number of anilines is 1. The number of carbonyl (C=O) groups excluding carboxylic acids is 1. The molecule has 1 heterocycles. The summed E-state index contributed by atoms with van der Waals surface area (Å²) < 4.78 is 28.1. The van der Waals surface area contributed by atoms with Gasteiger partial charge in [-0.15, -0.1) is 12.4 Å². The molecule has 196 valence electrons. The molecule has 37 heavy (non-hydrogen) atoms. The number of amides is 1. The third-order valence-electron chi connectivity index (χ3n) is 5.29. The fourth-order valence-electron chi connectivity index (χ4n) is 3.38. The van der Waals surface area contributed by atoms with Crippen LogP contribution in [0, 0.1) is 22.7 Å². The number of fused-ring (bicyclic) bond motifs is 1. The second-order valence-corrected chi connectivity index (χ2v) is 11.4. The molecule has 0 saturated heterocycles. The average Bonchev–Trinajstić information content (AvgIpc) is 3.29. The lowest BCUT2D eigenvalue weighted by atomic mass is 10.2. The topological polar surface area (TPSA) is 121 Å². The molecule has 0 saturated carbocycles. The zero-order chi connectivity index (χ0) is 26.3. The number of halogens is 2. The molecule has 1 aromatic heterocycles. The van der Waals surface area contributed by atoms with E-state index in [2.05, 4.69) is 4.98 Å². The van der Waals surface area contributed by atoms with Crippen molar-refractivity contribution in [2.45, 2.75) is 17.7 Å². The van der Waals surface area contributed by atoms with Crippen molar-refractivity contribution in [1.82, 2.24) is 14.2 Å². The van der Waals surface area contributed by atoms with Gasteiger partial charge < -0.3 is 4.90 Å². The lowest BCUT2D eigenvalue weighted by Gasteiger charge is -2.22. The van der Waals surface area contributed by atoms with Crippen molar-refractivity contribution in [3.63, 3.8) is 0 Å². The van der Waals surface area contributed by atoms with Gasteiger partial charge in [-0.25, -0.2) is 13.4 Å². The predicted octanol–water partition coefficient (Wildman–Crippen LogP) is 4.40. The van der Waals surface area contributed by atoms with Crippen LogP contribution in [0.3, 0.4) is 0 Å². The van der Waals surface area contributed by atoms with E-state index < -0.39 is 10.0 Å². The van der Waals surface area contributed by atoms with E-state index in [9.17, 15) is 13.2 Å². The molecular formula is C24H26Cl2N6O3S2. The first-order valence-corrected chi connectivity index (χ1v) is 13.7. The second kappa shape index (κ2) is 13.7. The zero-order valence-corrected chi connectivity index (χ0v) is 23.5. The summed E-state index contributed by atoms with van der Waals surface area (Å²) in [4.78, 5) is 21.6. The Bertz CT molecular complexity index is 1390. The van der Waals surface area contributed by atoms with Gasteiger partial charge in [0.2, 0.25) is 10.0 Å². The molecule has 0 aliphatic carbocycles. The van der Waals surface area contributed by atoms with Gasteiger partial charge in [0, 0.05) is 44.6 Å². The molecule has 9 nitrogen and oxygen atoms in total. The molecule has 0 N–H and O–H groups in total. The van der Waals surface area contributed by atoms with E-state index in [0.717, 1.165) is 9.01 Å². The van der Waals surface area contributed by atoms with Crippen molar-refractivity contribution in [1.29, 1.82) is 10.5 Å². The number of hydrogen-bond donors (Lipinski definition) is 0. The van der Waals surface area contributed by atoms with Crippen LogP contribution in [0.2, 0.25) is 5.02 Å². The summed E-state index contributed by atoms with van der Waals surface area (Å²) in [6.07, 6.45) is 0.0164. The van der Waals surface area contributed by atoms with Gasteiger partial charge in [-0.05, 0) is 50.5 Å². The number of rotatable bonds is 11. The van der Waals surface area contributed by atoms with Crippen molar-refractivity contribution in [3.05, 3.63) is 53.1 Å². The number of aromatic nitrogens is 1. The molecule has 0 spiro atoms. The predicted molar refractivity (Wildman–Crippen MR) is 148 cm³/mol. The number of benzene rings is 2. The summed E-state index contributed by atoms with van der Waals surface area (Å²) in [5, 5.41) is 18.7. The summed E-state index contributed by atoms with van der Waals surface area (Å²) in [6.45, 7) is 0.938. The van der Waals surface area contributed by atoms with Crippen LogP contribution >= 0.6 is 35.3 Å². The molecule has 1 amide bonds. The highest BCUT2D eigenvalue weighted by Gasteiger charge is 2.26. The maximum Gasteiger partial charge on any atom is 0.260 e. The molecular weight excluding hydrogens is 555 g/mol. The van der Waals surface area contributed by atoms with E-state index in [0.29, 0.717) is 34.3 Å². The first-order valence-electron chi connectivity index (χ1n) is 11.0. The number of nitriles is 2. The van der Waals surface area contributed by atoms with Crippen molar-refractivity contribution < 1.29 is 13.2 Å². The van der Waals surface area contributed by atoms with Gasteiger partial charge >= 0.3 is 0 Å². The summed E-state index contributed by atoms with van der Waals surface area (Å²) in [5.74, 6) is -0.318. The Kier molecular flexibility index (Phi) is 11.3. The van der Waals surface area contributed by atoms with E-state index in [4.69, 9.17) is 22.1 Å². The van der Waals surface area contributed by atoms with Crippen LogP contribution in [0.4, 0.5) is 5.13 Å². The molecule has 2 aromatic carbocycles. The maximum absolute atomic E-state index is 13.5. The minimum atomic E-state index is -3.93. The van der Waals surface area contributed by atoms with Crippen LogP contribution in [-0.2, 0) is 10.0 Å². The first-order chi connectivity index (χ1) is 17.2. The summed E-state index contributed by atoms with van der Waals surface area (Å²) in [7, 11) is -0.120. The second-order valence-electron chi connectivity index (χ2n) is 8.09. The number of thiazole rings is 1. The van der Waals surface area contributed by atoms with Gasteiger partial charge in [-0.2, -0.15) is 14.8 Å². The largest absolute Gasteiger partial charge is 0.308 e. The van der Waals surface area contributed by atoms with Crippen molar-refractivity contribution in [2.75, 3.05) is 45.2 Å². The zero-order valence-electron chi connectivity index (χ0n) is 20.3. The fraction of sp³-hybridized carbons (Fsp3) is 0.333. The Balaban J connectivity index is 0.00000481. The molecule has 0 aliphatic rings. The van der Waals surface area contributed by atoms with Crippen molar-refractivity contribution in [2.24, 2.45) is 0 Å². The van der Waals surface area contributed by atoms with Crippen molar-refractivity contribution >= 4 is 66.6 Å². The number of carbonyl (C=O) groups is 1. The maximum atomic E-state index is 13.5. The Morgan fingerprint density at radius 3 is 2.16 bits per heavy atom. The van der Waals surface area contributed by atoms with E-state index in [-0.39, 0.29) is 49.1 Å². The number of para-hydroxylation sites is 1. The Morgan fingerprint density at radius 2 is 1.62 bits per heavy atom. The average molecular weight is 582 g/mol. The Hall–Kier alpha value is -2.77. The molecule has 3 rings (SSSR count). The highest BCUT2D eigenvalue weighted by Crippen LogP contribution is 2.33. The van der Waals surface area contributed by atoms with Crippen LogP contribution in [0.15, 0.2) is 47.4 Å². The van der Waals surface area contributed by atoms with E-state index in [1.165, 1.54) is 35.6 Å². The number of nitrogens with zero attached hydrogens (tertiary/aromatic N) is 6. The molecule has 0 aliphatic heterocycles. The van der Waals surface area contributed by atoms with E-state index >= 15 is 0 Å². The molecule has 0 atom stereocenters. The number of sulfonamides is 1. The van der Waals surface area contributed by atoms with Crippen LogP contribution in [0.5, 0.6) is 0 Å². The molecule has 0 fully saturated rings.